The number of carbonyl (C=O) groups is 4. The van der Waals surface area contributed by atoms with Gasteiger partial charge >= 0.3 is 6.03 Å². The Morgan fingerprint density at radius 3 is 2.43 bits per heavy atom. The summed E-state index contributed by atoms with van der Waals surface area (Å²) < 4.78 is 5.34. The Morgan fingerprint density at radius 2 is 1.86 bits per heavy atom. The van der Waals surface area contributed by atoms with Crippen LogP contribution in [-0.2, 0) is 14.4 Å². The van der Waals surface area contributed by atoms with Crippen LogP contribution in [0.1, 0.15) is 32.8 Å². The highest BCUT2D eigenvalue weighted by Gasteiger charge is 2.43. The van der Waals surface area contributed by atoms with E-state index in [4.69, 9.17) is 4.74 Å². The molecule has 0 radical (unpaired) electrons. The van der Waals surface area contributed by atoms with E-state index in [1.807, 2.05) is 6.92 Å². The maximum atomic E-state index is 12.0. The van der Waals surface area contributed by atoms with Gasteiger partial charge in [0.1, 0.15) is 11.3 Å². The number of amides is 5. The zero-order valence-electron chi connectivity index (χ0n) is 16.1. The minimum absolute atomic E-state index is 0.0716. The Hall–Kier alpha value is -3.36. The molecule has 9 heteroatoms. The van der Waals surface area contributed by atoms with Gasteiger partial charge < -0.3 is 10.1 Å². The van der Waals surface area contributed by atoms with Crippen LogP contribution in [0, 0.1) is 0 Å². The number of imide groups is 1. The summed E-state index contributed by atoms with van der Waals surface area (Å²) in [6.07, 6.45) is 2.74. The van der Waals surface area contributed by atoms with Gasteiger partial charge in [-0.25, -0.2) is 4.79 Å². The van der Waals surface area contributed by atoms with Crippen LogP contribution in [0.3, 0.4) is 0 Å². The van der Waals surface area contributed by atoms with E-state index in [0.717, 1.165) is 16.2 Å². The summed E-state index contributed by atoms with van der Waals surface area (Å²) in [5.41, 5.74) is 4.30. The van der Waals surface area contributed by atoms with Crippen molar-refractivity contribution in [1.29, 1.82) is 0 Å². The molecule has 1 aliphatic heterocycles. The number of ether oxygens (including phenoxy) is 1. The van der Waals surface area contributed by atoms with Crippen LogP contribution in [0.15, 0.2) is 30.3 Å². The maximum absolute atomic E-state index is 12.0. The molecule has 1 fully saturated rings. The van der Waals surface area contributed by atoms with Gasteiger partial charge in [-0.3, -0.25) is 30.1 Å². The fourth-order valence-corrected chi connectivity index (χ4v) is 2.48. The third kappa shape index (κ3) is 5.57. The van der Waals surface area contributed by atoms with Gasteiger partial charge in [-0.2, -0.15) is 0 Å². The first kappa shape index (κ1) is 20.9. The van der Waals surface area contributed by atoms with Gasteiger partial charge in [-0.05, 0) is 44.5 Å². The Bertz CT molecular complexity index is 786. The molecule has 1 heterocycles. The van der Waals surface area contributed by atoms with E-state index in [1.54, 1.807) is 44.2 Å². The second-order valence-electron chi connectivity index (χ2n) is 6.63. The van der Waals surface area contributed by atoms with Gasteiger partial charge in [0, 0.05) is 19.0 Å². The van der Waals surface area contributed by atoms with Crippen LogP contribution in [0.25, 0.3) is 6.08 Å². The molecule has 0 aromatic heterocycles. The number of urea groups is 1. The predicted octanol–water partition coefficient (Wildman–Crippen LogP) is 0.966. The smallest absolute Gasteiger partial charge is 0.325 e. The summed E-state index contributed by atoms with van der Waals surface area (Å²) in [5.74, 6) is -0.691. The summed E-state index contributed by atoms with van der Waals surface area (Å²) in [5, 5.41) is 2.53. The Kier molecular flexibility index (Phi) is 6.75. The van der Waals surface area contributed by atoms with Crippen molar-refractivity contribution in [3.63, 3.8) is 0 Å². The lowest BCUT2D eigenvalue weighted by molar-refractivity contribution is -0.131. The largest absolute Gasteiger partial charge is 0.494 e. The van der Waals surface area contributed by atoms with Crippen LogP contribution >= 0.6 is 0 Å². The highest BCUT2D eigenvalue weighted by Crippen LogP contribution is 2.16. The van der Waals surface area contributed by atoms with Crippen molar-refractivity contribution in [3.05, 3.63) is 35.9 Å². The molecular formula is C19H24N4O5. The van der Waals surface area contributed by atoms with Gasteiger partial charge in [-0.1, -0.05) is 12.1 Å². The minimum Gasteiger partial charge on any atom is -0.494 e. The quantitative estimate of drug-likeness (QED) is 0.366. The van der Waals surface area contributed by atoms with Crippen molar-refractivity contribution in [2.24, 2.45) is 0 Å². The van der Waals surface area contributed by atoms with Crippen LogP contribution in [-0.4, -0.2) is 47.3 Å². The first-order valence-electron chi connectivity index (χ1n) is 8.87. The molecule has 1 aromatic rings. The number of nitrogens with one attached hydrogen (secondary N) is 3. The van der Waals surface area contributed by atoms with Crippen molar-refractivity contribution >= 4 is 29.8 Å². The third-order valence-electron chi connectivity index (χ3n) is 3.95. The Balaban J connectivity index is 1.74. The highest BCUT2D eigenvalue weighted by atomic mass is 16.5. The number of nitrogens with zero attached hydrogens (tertiary/aromatic N) is 1. The number of hydrogen-bond donors (Lipinski definition) is 3. The summed E-state index contributed by atoms with van der Waals surface area (Å²) in [6, 6.07) is 6.64. The summed E-state index contributed by atoms with van der Waals surface area (Å²) >= 11 is 0. The molecule has 150 valence electrons. The van der Waals surface area contributed by atoms with Gasteiger partial charge in [0.2, 0.25) is 5.91 Å². The van der Waals surface area contributed by atoms with E-state index in [9.17, 15) is 19.2 Å². The molecular weight excluding hydrogens is 364 g/mol. The molecule has 0 aliphatic carbocycles. The monoisotopic (exact) mass is 388 g/mol. The van der Waals surface area contributed by atoms with Crippen LogP contribution in [0.5, 0.6) is 5.75 Å². The maximum Gasteiger partial charge on any atom is 0.325 e. The number of benzene rings is 1. The highest BCUT2D eigenvalue weighted by molar-refractivity contribution is 6.06. The normalized spacial score (nSPS) is 15.5. The average Bonchev–Trinajstić information content (AvgIpc) is 2.85. The molecule has 0 unspecified atom stereocenters. The van der Waals surface area contributed by atoms with Crippen molar-refractivity contribution in [1.82, 2.24) is 21.1 Å². The second-order valence-corrected chi connectivity index (χ2v) is 6.63. The summed E-state index contributed by atoms with van der Waals surface area (Å²) in [7, 11) is 0. The zero-order chi connectivity index (χ0) is 20.7. The first-order chi connectivity index (χ1) is 13.2. The molecule has 9 nitrogen and oxygen atoms in total. The lowest BCUT2D eigenvalue weighted by Crippen LogP contribution is -2.43. The lowest BCUT2D eigenvalue weighted by atomic mass is 10.1. The average molecular weight is 388 g/mol. The predicted molar refractivity (Wildman–Crippen MR) is 102 cm³/mol. The van der Waals surface area contributed by atoms with Gasteiger partial charge in [0.25, 0.3) is 11.8 Å². The van der Waals surface area contributed by atoms with E-state index in [-0.39, 0.29) is 13.0 Å². The van der Waals surface area contributed by atoms with Crippen molar-refractivity contribution in [2.45, 2.75) is 32.7 Å². The van der Waals surface area contributed by atoms with Crippen molar-refractivity contribution in [2.75, 3.05) is 13.2 Å². The molecule has 5 amide bonds. The van der Waals surface area contributed by atoms with E-state index >= 15 is 0 Å². The minimum atomic E-state index is -0.979. The fraction of sp³-hybridized carbons (Fsp3) is 0.368. The van der Waals surface area contributed by atoms with E-state index in [0.29, 0.717) is 6.61 Å². The molecule has 3 N–H and O–H groups in total. The fourth-order valence-electron chi connectivity index (χ4n) is 2.48. The summed E-state index contributed by atoms with van der Waals surface area (Å²) in [6.45, 7) is 5.57. The molecule has 1 saturated heterocycles. The van der Waals surface area contributed by atoms with Crippen LogP contribution in [0.4, 0.5) is 4.79 Å². The Morgan fingerprint density at radius 1 is 1.18 bits per heavy atom. The molecule has 0 spiro atoms. The molecule has 2 rings (SSSR count). The Labute approximate surface area is 163 Å². The van der Waals surface area contributed by atoms with Gasteiger partial charge in [0.15, 0.2) is 0 Å². The number of rotatable bonds is 7. The van der Waals surface area contributed by atoms with Crippen molar-refractivity contribution in [3.8, 4) is 5.75 Å². The molecule has 1 aliphatic rings. The first-order valence-corrected chi connectivity index (χ1v) is 8.87. The van der Waals surface area contributed by atoms with Gasteiger partial charge in [0.05, 0.1) is 6.61 Å². The molecule has 0 atom stereocenters. The molecule has 28 heavy (non-hydrogen) atoms. The number of hydrazine groups is 1. The molecule has 0 bridgehead atoms. The van der Waals surface area contributed by atoms with E-state index < -0.39 is 29.3 Å². The number of carbonyl (C=O) groups excluding carboxylic acids is 4. The second kappa shape index (κ2) is 9.03. The van der Waals surface area contributed by atoms with E-state index in [1.165, 1.54) is 6.08 Å². The van der Waals surface area contributed by atoms with Crippen LogP contribution < -0.4 is 20.9 Å². The topological polar surface area (TPSA) is 117 Å². The third-order valence-corrected chi connectivity index (χ3v) is 3.95. The standard InChI is InChI=1S/C19H24N4O5/c1-4-28-14-8-5-13(6-9-14)7-10-15(24)21-22-16(25)11-12-23-17(26)19(2,3)20-18(23)27/h5-10H,4,11-12H2,1-3H3,(H,20,27)(H,21,24)(H,22,25)/b10-7+. The summed E-state index contributed by atoms with van der Waals surface area (Å²) in [4.78, 5) is 48.3. The van der Waals surface area contributed by atoms with Crippen LogP contribution in [0.2, 0.25) is 0 Å². The lowest BCUT2D eigenvalue weighted by Gasteiger charge is -2.15. The molecule has 1 aromatic carbocycles. The SMILES string of the molecule is CCOc1ccc(/C=C/C(=O)NNC(=O)CCN2C(=O)NC(C)(C)C2=O)cc1. The van der Waals surface area contributed by atoms with E-state index in [2.05, 4.69) is 16.2 Å². The van der Waals surface area contributed by atoms with Gasteiger partial charge in [-0.15, -0.1) is 0 Å². The number of hydrogen-bond acceptors (Lipinski definition) is 5. The van der Waals surface area contributed by atoms with Crippen molar-refractivity contribution < 1.29 is 23.9 Å². The molecule has 0 saturated carbocycles. The zero-order valence-corrected chi connectivity index (χ0v) is 16.1.